The average Bonchev–Trinajstić information content (AvgIpc) is 2.64. The van der Waals surface area contributed by atoms with Crippen LogP contribution in [0.5, 0.6) is 0 Å². The molecule has 0 unspecified atom stereocenters. The maximum absolute atomic E-state index is 13.7. The van der Waals surface area contributed by atoms with Gasteiger partial charge >= 0.3 is 0 Å². The first-order valence-corrected chi connectivity index (χ1v) is 7.54. The predicted molar refractivity (Wildman–Crippen MR) is 81.4 cm³/mol. The molecule has 1 aromatic heterocycles. The predicted octanol–water partition coefficient (Wildman–Crippen LogP) is 4.56. The van der Waals surface area contributed by atoms with Gasteiger partial charge in [-0.05, 0) is 41.0 Å². The summed E-state index contributed by atoms with van der Waals surface area (Å²) in [6, 6.07) is 3.33. The lowest BCUT2D eigenvalue weighted by Gasteiger charge is -2.09. The Morgan fingerprint density at radius 3 is 2.78 bits per heavy atom. The van der Waals surface area contributed by atoms with Crippen molar-refractivity contribution in [2.45, 2.75) is 32.7 Å². The van der Waals surface area contributed by atoms with Crippen molar-refractivity contribution < 1.29 is 4.39 Å². The highest BCUT2D eigenvalue weighted by molar-refractivity contribution is 14.1. The van der Waals surface area contributed by atoms with Crippen molar-refractivity contribution in [2.75, 3.05) is 0 Å². The third-order valence-electron chi connectivity index (χ3n) is 2.92. The Bertz CT molecular complexity index is 566. The number of aryl methyl sites for hydroxylation is 1. The van der Waals surface area contributed by atoms with E-state index < -0.39 is 0 Å². The van der Waals surface area contributed by atoms with Crippen molar-refractivity contribution in [3.8, 4) is 0 Å². The fraction of sp³-hybridized carbons (Fsp3) is 0.462. The number of rotatable bonds is 4. The number of halogens is 3. The van der Waals surface area contributed by atoms with Gasteiger partial charge in [-0.15, -0.1) is 11.6 Å². The molecular formula is C13H15ClFIN2. The Labute approximate surface area is 125 Å². The molecule has 0 spiro atoms. The molecule has 0 aliphatic carbocycles. The Morgan fingerprint density at radius 1 is 1.44 bits per heavy atom. The van der Waals surface area contributed by atoms with Crippen LogP contribution >= 0.6 is 34.2 Å². The molecule has 98 valence electrons. The van der Waals surface area contributed by atoms with Crippen LogP contribution in [0.1, 0.15) is 26.1 Å². The fourth-order valence-electron chi connectivity index (χ4n) is 1.91. The van der Waals surface area contributed by atoms with Crippen molar-refractivity contribution >= 4 is 45.2 Å². The summed E-state index contributed by atoms with van der Waals surface area (Å²) in [4.78, 5) is 4.47. The summed E-state index contributed by atoms with van der Waals surface area (Å²) >= 11 is 7.90. The Balaban J connectivity index is 2.50. The minimum Gasteiger partial charge on any atom is -0.327 e. The molecule has 0 N–H and O–H groups in total. The van der Waals surface area contributed by atoms with Crippen LogP contribution in [-0.4, -0.2) is 9.55 Å². The van der Waals surface area contributed by atoms with E-state index in [1.165, 1.54) is 0 Å². The SMILES string of the molecule is CC(C)CCn1c(CCl)nc2cc(I)c(F)cc21. The average molecular weight is 381 g/mol. The smallest absolute Gasteiger partial charge is 0.138 e. The van der Waals surface area contributed by atoms with Crippen LogP contribution in [-0.2, 0) is 12.4 Å². The molecule has 2 aromatic rings. The number of alkyl halides is 1. The van der Waals surface area contributed by atoms with Crippen molar-refractivity contribution in [2.24, 2.45) is 5.92 Å². The molecule has 0 bridgehead atoms. The van der Waals surface area contributed by atoms with Gasteiger partial charge in [-0.3, -0.25) is 0 Å². The van der Waals surface area contributed by atoms with Crippen LogP contribution in [0.15, 0.2) is 12.1 Å². The van der Waals surface area contributed by atoms with E-state index in [4.69, 9.17) is 11.6 Å². The topological polar surface area (TPSA) is 17.8 Å². The van der Waals surface area contributed by atoms with E-state index in [0.29, 0.717) is 15.4 Å². The number of fused-ring (bicyclic) bond motifs is 1. The minimum absolute atomic E-state index is 0.199. The van der Waals surface area contributed by atoms with Gasteiger partial charge < -0.3 is 4.57 Å². The number of imidazole rings is 1. The second kappa shape index (κ2) is 5.74. The van der Waals surface area contributed by atoms with Gasteiger partial charge in [0.2, 0.25) is 0 Å². The standard InChI is InChI=1S/C13H15ClFIN2/c1-8(2)3-4-18-12-5-9(15)10(16)6-11(12)17-13(18)7-14/h5-6,8H,3-4,7H2,1-2H3. The van der Waals surface area contributed by atoms with E-state index in [1.807, 2.05) is 27.2 Å². The van der Waals surface area contributed by atoms with Gasteiger partial charge in [0.1, 0.15) is 11.6 Å². The maximum atomic E-state index is 13.7. The van der Waals surface area contributed by atoms with Crippen molar-refractivity contribution in [3.05, 3.63) is 27.3 Å². The van der Waals surface area contributed by atoms with Gasteiger partial charge in [-0.25, -0.2) is 9.37 Å². The number of benzene rings is 1. The van der Waals surface area contributed by atoms with Gasteiger partial charge in [0.05, 0.1) is 20.5 Å². The van der Waals surface area contributed by atoms with Crippen molar-refractivity contribution in [3.63, 3.8) is 0 Å². The Hall–Kier alpha value is -0.360. The van der Waals surface area contributed by atoms with Crippen molar-refractivity contribution in [1.82, 2.24) is 9.55 Å². The molecular weight excluding hydrogens is 366 g/mol. The largest absolute Gasteiger partial charge is 0.327 e. The summed E-state index contributed by atoms with van der Waals surface area (Å²) < 4.78 is 16.3. The molecule has 0 aliphatic heterocycles. The molecule has 1 heterocycles. The lowest BCUT2D eigenvalue weighted by atomic mass is 10.1. The summed E-state index contributed by atoms with van der Waals surface area (Å²) in [5, 5.41) is 0. The minimum atomic E-state index is -0.199. The van der Waals surface area contributed by atoms with Crippen molar-refractivity contribution in [1.29, 1.82) is 0 Å². The molecule has 0 saturated carbocycles. The molecule has 0 aliphatic rings. The molecule has 0 radical (unpaired) electrons. The highest BCUT2D eigenvalue weighted by atomic mass is 127. The van der Waals surface area contributed by atoms with E-state index in [0.717, 1.165) is 29.8 Å². The van der Waals surface area contributed by atoms with Gasteiger partial charge in [-0.1, -0.05) is 13.8 Å². The molecule has 18 heavy (non-hydrogen) atoms. The monoisotopic (exact) mass is 380 g/mol. The lowest BCUT2D eigenvalue weighted by Crippen LogP contribution is -2.05. The molecule has 0 fully saturated rings. The van der Waals surface area contributed by atoms with E-state index in [1.54, 1.807) is 12.1 Å². The number of hydrogen-bond acceptors (Lipinski definition) is 1. The lowest BCUT2D eigenvalue weighted by molar-refractivity contribution is 0.515. The Kier molecular flexibility index (Phi) is 4.48. The van der Waals surface area contributed by atoms with Crippen LogP contribution in [0.2, 0.25) is 0 Å². The van der Waals surface area contributed by atoms with E-state index in [9.17, 15) is 4.39 Å². The molecule has 0 amide bonds. The third-order valence-corrected chi connectivity index (χ3v) is 3.98. The zero-order valence-electron chi connectivity index (χ0n) is 10.4. The number of nitrogens with zero attached hydrogens (tertiary/aromatic N) is 2. The zero-order valence-corrected chi connectivity index (χ0v) is 13.3. The van der Waals surface area contributed by atoms with Gasteiger partial charge in [0.15, 0.2) is 0 Å². The molecule has 5 heteroatoms. The van der Waals surface area contributed by atoms with E-state index in [-0.39, 0.29) is 5.82 Å². The van der Waals surface area contributed by atoms with Crippen LogP contribution in [0.25, 0.3) is 11.0 Å². The highest BCUT2D eigenvalue weighted by Gasteiger charge is 2.13. The van der Waals surface area contributed by atoms with Gasteiger partial charge in [-0.2, -0.15) is 0 Å². The number of aromatic nitrogens is 2. The maximum Gasteiger partial charge on any atom is 0.138 e. The fourth-order valence-corrected chi connectivity index (χ4v) is 2.56. The normalized spacial score (nSPS) is 11.7. The first-order chi connectivity index (χ1) is 8.52. The van der Waals surface area contributed by atoms with Gasteiger partial charge in [0, 0.05) is 12.6 Å². The van der Waals surface area contributed by atoms with Gasteiger partial charge in [0.25, 0.3) is 0 Å². The van der Waals surface area contributed by atoms with Crippen LogP contribution in [0, 0.1) is 15.3 Å². The second-order valence-corrected chi connectivity index (χ2v) is 6.18. The molecule has 0 saturated heterocycles. The van der Waals surface area contributed by atoms with Crippen LogP contribution < -0.4 is 0 Å². The summed E-state index contributed by atoms with van der Waals surface area (Å²) in [6.07, 6.45) is 1.03. The second-order valence-electron chi connectivity index (χ2n) is 4.75. The summed E-state index contributed by atoms with van der Waals surface area (Å²) in [7, 11) is 0. The quantitative estimate of drug-likeness (QED) is 0.561. The molecule has 0 atom stereocenters. The Morgan fingerprint density at radius 2 is 2.17 bits per heavy atom. The van der Waals surface area contributed by atoms with E-state index in [2.05, 4.69) is 18.8 Å². The first kappa shape index (κ1) is 14.1. The molecule has 1 aromatic carbocycles. The number of hydrogen-bond donors (Lipinski definition) is 0. The molecule has 2 rings (SSSR count). The summed E-state index contributed by atoms with van der Waals surface area (Å²) in [5.74, 6) is 1.56. The molecule has 2 nitrogen and oxygen atoms in total. The third kappa shape index (κ3) is 2.79. The summed E-state index contributed by atoms with van der Waals surface area (Å²) in [5.41, 5.74) is 1.66. The van der Waals surface area contributed by atoms with Crippen LogP contribution in [0.4, 0.5) is 4.39 Å². The highest BCUT2D eigenvalue weighted by Crippen LogP contribution is 2.23. The zero-order chi connectivity index (χ0) is 13.3. The van der Waals surface area contributed by atoms with Crippen LogP contribution in [0.3, 0.4) is 0 Å². The van der Waals surface area contributed by atoms with E-state index >= 15 is 0 Å². The first-order valence-electron chi connectivity index (χ1n) is 5.93. The summed E-state index contributed by atoms with van der Waals surface area (Å²) in [6.45, 7) is 5.17.